The number of allylic oxidation sites excluding steroid dienone is 2. The Morgan fingerprint density at radius 1 is 0.857 bits per heavy atom. The van der Waals surface area contributed by atoms with E-state index in [2.05, 4.69) is 12.2 Å². The van der Waals surface area contributed by atoms with E-state index in [-0.39, 0.29) is 23.8 Å². The van der Waals surface area contributed by atoms with Gasteiger partial charge in [-0.3, -0.25) is 0 Å². The minimum Gasteiger partial charge on any atom is -0.494 e. The smallest absolute Gasteiger partial charge is 0.168 e. The molecule has 0 spiro atoms. The van der Waals surface area contributed by atoms with Crippen molar-refractivity contribution in [2.24, 2.45) is 5.92 Å². The lowest BCUT2D eigenvalue weighted by Crippen LogP contribution is -2.13. The molecule has 1 aliphatic carbocycles. The van der Waals surface area contributed by atoms with Crippen molar-refractivity contribution in [1.82, 2.24) is 0 Å². The van der Waals surface area contributed by atoms with Crippen LogP contribution >= 0.6 is 0 Å². The highest BCUT2D eigenvalue weighted by molar-refractivity contribution is 5.65. The molecular formula is C30H31F3O2. The Kier molecular flexibility index (Phi) is 8.17. The first-order valence-electron chi connectivity index (χ1n) is 12.2. The van der Waals surface area contributed by atoms with Crippen LogP contribution in [0.3, 0.4) is 0 Å². The molecule has 0 radical (unpaired) electrons. The van der Waals surface area contributed by atoms with Crippen molar-refractivity contribution in [3.05, 3.63) is 95.3 Å². The third-order valence-corrected chi connectivity index (χ3v) is 6.66. The Morgan fingerprint density at radius 3 is 2.26 bits per heavy atom. The number of benzene rings is 3. The lowest BCUT2D eigenvalue weighted by Gasteiger charge is -2.27. The Morgan fingerprint density at radius 2 is 1.60 bits per heavy atom. The third kappa shape index (κ3) is 5.90. The molecule has 3 aromatic carbocycles. The monoisotopic (exact) mass is 480 g/mol. The van der Waals surface area contributed by atoms with Gasteiger partial charge in [0.25, 0.3) is 0 Å². The van der Waals surface area contributed by atoms with E-state index in [4.69, 9.17) is 9.47 Å². The van der Waals surface area contributed by atoms with Crippen LogP contribution in [-0.2, 0) is 6.61 Å². The molecule has 0 bridgehead atoms. The van der Waals surface area contributed by atoms with Gasteiger partial charge < -0.3 is 9.47 Å². The Labute approximate surface area is 205 Å². The highest BCUT2D eigenvalue weighted by atomic mass is 19.2. The summed E-state index contributed by atoms with van der Waals surface area (Å²) in [6.45, 7) is 4.45. The largest absolute Gasteiger partial charge is 0.494 e. The average Bonchev–Trinajstić information content (AvgIpc) is 2.87. The summed E-state index contributed by atoms with van der Waals surface area (Å²) in [5.74, 6) is -0.877. The summed E-state index contributed by atoms with van der Waals surface area (Å²) < 4.78 is 55.1. The van der Waals surface area contributed by atoms with Gasteiger partial charge in [-0.2, -0.15) is 0 Å². The van der Waals surface area contributed by atoms with Gasteiger partial charge in [-0.15, -0.1) is 0 Å². The zero-order chi connectivity index (χ0) is 24.8. The molecule has 0 unspecified atom stereocenters. The van der Waals surface area contributed by atoms with Gasteiger partial charge in [0.05, 0.1) is 6.61 Å². The molecule has 0 aromatic heterocycles. The van der Waals surface area contributed by atoms with Crippen LogP contribution in [0.2, 0.25) is 0 Å². The lowest BCUT2D eigenvalue weighted by atomic mass is 9.78. The minimum absolute atomic E-state index is 0.0579. The molecule has 1 saturated carbocycles. The van der Waals surface area contributed by atoms with Gasteiger partial charge in [0.15, 0.2) is 23.2 Å². The highest BCUT2D eigenvalue weighted by Crippen LogP contribution is 2.39. The molecule has 0 atom stereocenters. The van der Waals surface area contributed by atoms with Crippen molar-refractivity contribution in [2.45, 2.75) is 52.1 Å². The van der Waals surface area contributed by atoms with E-state index in [1.807, 2.05) is 13.8 Å². The van der Waals surface area contributed by atoms with Crippen LogP contribution in [0.5, 0.6) is 11.5 Å². The Balaban J connectivity index is 1.42. The summed E-state index contributed by atoms with van der Waals surface area (Å²) in [5, 5.41) is 0. The number of halogens is 3. The molecule has 0 N–H and O–H groups in total. The SMILES string of the molecule is CC=CC1CCC(c2ccc(-c3ccc(COc4ccc(OCC)cc4F)cc3)c(F)c2F)CC1. The number of rotatable bonds is 8. The van der Waals surface area contributed by atoms with Gasteiger partial charge in [0.1, 0.15) is 12.4 Å². The predicted molar refractivity (Wildman–Crippen MR) is 133 cm³/mol. The van der Waals surface area contributed by atoms with Crippen LogP contribution in [-0.4, -0.2) is 6.61 Å². The second kappa shape index (κ2) is 11.5. The van der Waals surface area contributed by atoms with Crippen molar-refractivity contribution >= 4 is 0 Å². The molecule has 184 valence electrons. The highest BCUT2D eigenvalue weighted by Gasteiger charge is 2.25. The van der Waals surface area contributed by atoms with E-state index >= 15 is 8.78 Å². The van der Waals surface area contributed by atoms with Crippen LogP contribution in [0.25, 0.3) is 11.1 Å². The molecular weight excluding hydrogens is 449 g/mol. The van der Waals surface area contributed by atoms with Crippen LogP contribution < -0.4 is 9.47 Å². The van der Waals surface area contributed by atoms with Crippen LogP contribution in [0.1, 0.15) is 56.6 Å². The molecule has 2 nitrogen and oxygen atoms in total. The van der Waals surface area contributed by atoms with Gasteiger partial charge in [-0.05, 0) is 80.2 Å². The van der Waals surface area contributed by atoms with Crippen molar-refractivity contribution in [3.8, 4) is 22.6 Å². The van der Waals surface area contributed by atoms with E-state index in [1.165, 1.54) is 12.1 Å². The minimum atomic E-state index is -0.807. The molecule has 35 heavy (non-hydrogen) atoms. The van der Waals surface area contributed by atoms with Gasteiger partial charge in [-0.25, -0.2) is 13.2 Å². The van der Waals surface area contributed by atoms with Crippen LogP contribution in [0.15, 0.2) is 66.7 Å². The van der Waals surface area contributed by atoms with E-state index in [1.54, 1.807) is 42.5 Å². The second-order valence-electron chi connectivity index (χ2n) is 8.98. The molecule has 5 heteroatoms. The average molecular weight is 481 g/mol. The fourth-order valence-corrected chi connectivity index (χ4v) is 4.79. The van der Waals surface area contributed by atoms with E-state index in [0.717, 1.165) is 31.2 Å². The van der Waals surface area contributed by atoms with Gasteiger partial charge >= 0.3 is 0 Å². The fraction of sp³-hybridized carbons (Fsp3) is 0.333. The molecule has 1 fully saturated rings. The van der Waals surface area contributed by atoms with E-state index < -0.39 is 17.5 Å². The van der Waals surface area contributed by atoms with E-state index in [0.29, 0.717) is 29.4 Å². The first-order valence-corrected chi connectivity index (χ1v) is 12.2. The van der Waals surface area contributed by atoms with Crippen molar-refractivity contribution < 1.29 is 22.6 Å². The standard InChI is InChI=1S/C30H31F3O2/c1-3-5-20-6-10-22(11-7-20)25-15-16-26(30(33)29(25)32)23-12-8-21(9-13-23)19-35-28-17-14-24(34-4-2)18-27(28)31/h3,5,8-9,12-18,20,22H,4,6-7,10-11,19H2,1-2H3. The first kappa shape index (κ1) is 24.9. The molecule has 4 rings (SSSR count). The Hall–Kier alpha value is -3.21. The zero-order valence-electron chi connectivity index (χ0n) is 20.2. The third-order valence-electron chi connectivity index (χ3n) is 6.66. The molecule has 0 heterocycles. The number of hydrogen-bond acceptors (Lipinski definition) is 2. The van der Waals surface area contributed by atoms with E-state index in [9.17, 15) is 4.39 Å². The van der Waals surface area contributed by atoms with Crippen molar-refractivity contribution in [3.63, 3.8) is 0 Å². The molecule has 0 saturated heterocycles. The summed E-state index contributed by atoms with van der Waals surface area (Å²) in [4.78, 5) is 0. The normalized spacial score (nSPS) is 18.1. The second-order valence-corrected chi connectivity index (χ2v) is 8.98. The number of hydrogen-bond donors (Lipinski definition) is 0. The Bertz CT molecular complexity index is 1160. The van der Waals surface area contributed by atoms with Crippen molar-refractivity contribution in [2.75, 3.05) is 6.61 Å². The molecule has 0 amide bonds. The maximum Gasteiger partial charge on any atom is 0.168 e. The van der Waals surface area contributed by atoms with Gasteiger partial charge in [-0.1, -0.05) is 48.6 Å². The first-order chi connectivity index (χ1) is 17.0. The number of ether oxygens (including phenoxy) is 2. The molecule has 0 aliphatic heterocycles. The summed E-state index contributed by atoms with van der Waals surface area (Å²) in [6, 6.07) is 14.9. The summed E-state index contributed by atoms with van der Waals surface area (Å²) in [6.07, 6.45) is 8.02. The quantitative estimate of drug-likeness (QED) is 0.301. The van der Waals surface area contributed by atoms with Gasteiger partial charge in [0.2, 0.25) is 0 Å². The van der Waals surface area contributed by atoms with Gasteiger partial charge in [0, 0.05) is 11.6 Å². The summed E-state index contributed by atoms with van der Waals surface area (Å²) >= 11 is 0. The lowest BCUT2D eigenvalue weighted by molar-refractivity contribution is 0.287. The van der Waals surface area contributed by atoms with Crippen molar-refractivity contribution in [1.29, 1.82) is 0 Å². The topological polar surface area (TPSA) is 18.5 Å². The predicted octanol–water partition coefficient (Wildman–Crippen LogP) is 8.60. The van der Waals surface area contributed by atoms with Crippen LogP contribution in [0, 0.1) is 23.4 Å². The fourth-order valence-electron chi connectivity index (χ4n) is 4.79. The maximum absolute atomic E-state index is 15.0. The summed E-state index contributed by atoms with van der Waals surface area (Å²) in [7, 11) is 0. The van der Waals surface area contributed by atoms with Crippen LogP contribution in [0.4, 0.5) is 13.2 Å². The summed E-state index contributed by atoms with van der Waals surface area (Å²) in [5.41, 5.74) is 2.09. The molecule has 3 aromatic rings. The zero-order valence-corrected chi connectivity index (χ0v) is 20.2. The maximum atomic E-state index is 15.0. The molecule has 1 aliphatic rings.